The van der Waals surface area contributed by atoms with E-state index in [-0.39, 0.29) is 11.8 Å². The van der Waals surface area contributed by atoms with Crippen LogP contribution in [0.3, 0.4) is 0 Å². The Morgan fingerprint density at radius 2 is 1.52 bits per heavy atom. The molecule has 3 rings (SSSR count). The van der Waals surface area contributed by atoms with E-state index in [1.807, 2.05) is 22.8 Å². The van der Waals surface area contributed by atoms with Crippen molar-refractivity contribution in [3.05, 3.63) is 17.6 Å². The molecule has 1 aromatic rings. The number of hydrogen-bond acceptors (Lipinski definition) is 5. The highest BCUT2D eigenvalue weighted by Gasteiger charge is 2.23. The molecule has 2 amide bonds. The number of rotatable bonds is 2. The Morgan fingerprint density at radius 3 is 2.12 bits per heavy atom. The molecule has 7 nitrogen and oxygen atoms in total. The van der Waals surface area contributed by atoms with E-state index >= 15 is 0 Å². The van der Waals surface area contributed by atoms with E-state index in [4.69, 9.17) is 0 Å². The van der Waals surface area contributed by atoms with Gasteiger partial charge < -0.3 is 14.7 Å². The Morgan fingerprint density at radius 1 is 0.880 bits per heavy atom. The van der Waals surface area contributed by atoms with Crippen molar-refractivity contribution in [2.75, 3.05) is 44.2 Å². The normalized spacial score (nSPS) is 18.9. The highest BCUT2D eigenvalue weighted by molar-refractivity contribution is 5.93. The summed E-state index contributed by atoms with van der Waals surface area (Å²) >= 11 is 0. The number of likely N-dealkylation sites (tertiary alicyclic amines) is 1. The van der Waals surface area contributed by atoms with Gasteiger partial charge in [-0.25, -0.2) is 9.97 Å². The second-order valence-corrected chi connectivity index (χ2v) is 6.86. The van der Waals surface area contributed by atoms with Crippen molar-refractivity contribution in [2.45, 2.75) is 39.5 Å². The Hall–Kier alpha value is -2.18. The Labute approximate surface area is 149 Å². The lowest BCUT2D eigenvalue weighted by atomic mass is 10.2. The lowest BCUT2D eigenvalue weighted by molar-refractivity contribution is -0.129. The minimum absolute atomic E-state index is 0.0102. The molecule has 0 bridgehead atoms. The third-order valence-corrected chi connectivity index (χ3v) is 4.99. The van der Waals surface area contributed by atoms with Gasteiger partial charge in [-0.3, -0.25) is 9.59 Å². The molecule has 1 aromatic heterocycles. The first-order valence-corrected chi connectivity index (χ1v) is 9.20. The smallest absolute Gasteiger partial charge is 0.272 e. The lowest BCUT2D eigenvalue weighted by Gasteiger charge is -2.35. The van der Waals surface area contributed by atoms with E-state index in [2.05, 4.69) is 14.9 Å². The van der Waals surface area contributed by atoms with Crippen LogP contribution in [-0.2, 0) is 4.79 Å². The van der Waals surface area contributed by atoms with Crippen LogP contribution in [0.2, 0.25) is 0 Å². The van der Waals surface area contributed by atoms with E-state index in [0.29, 0.717) is 24.6 Å². The van der Waals surface area contributed by atoms with Crippen LogP contribution in [0.25, 0.3) is 0 Å². The van der Waals surface area contributed by atoms with Gasteiger partial charge in [0.05, 0.1) is 0 Å². The third-order valence-electron chi connectivity index (χ3n) is 4.99. The summed E-state index contributed by atoms with van der Waals surface area (Å²) in [5.41, 5.74) is 0.485. The maximum Gasteiger partial charge on any atom is 0.272 e. The zero-order chi connectivity index (χ0) is 17.8. The standard InChI is InChI=1S/C18H27N5O2/c1-14-19-16(18(25)23-7-5-3-4-6-8-23)13-17(20-14)22-11-9-21(10-12-22)15(2)24/h13H,3-12H2,1-2H3. The number of hydrogen-bond donors (Lipinski definition) is 0. The summed E-state index contributed by atoms with van der Waals surface area (Å²) in [6.07, 6.45) is 4.52. The predicted octanol–water partition coefficient (Wildman–Crippen LogP) is 1.47. The average molecular weight is 345 g/mol. The topological polar surface area (TPSA) is 69.6 Å². The fourth-order valence-corrected chi connectivity index (χ4v) is 3.51. The lowest BCUT2D eigenvalue weighted by Crippen LogP contribution is -2.48. The molecule has 2 fully saturated rings. The quantitative estimate of drug-likeness (QED) is 0.812. The molecule has 0 aliphatic carbocycles. The molecule has 0 saturated carbocycles. The van der Waals surface area contributed by atoms with Crippen molar-refractivity contribution in [1.29, 1.82) is 0 Å². The fraction of sp³-hybridized carbons (Fsp3) is 0.667. The van der Waals surface area contributed by atoms with Crippen molar-refractivity contribution in [3.63, 3.8) is 0 Å². The average Bonchev–Trinajstić information content (AvgIpc) is 2.90. The summed E-state index contributed by atoms with van der Waals surface area (Å²) in [5.74, 6) is 1.52. The van der Waals surface area contributed by atoms with Crippen LogP contribution in [0.5, 0.6) is 0 Å². The Kier molecular flexibility index (Phi) is 5.50. The minimum Gasteiger partial charge on any atom is -0.353 e. The maximum absolute atomic E-state index is 12.8. The molecule has 7 heteroatoms. The predicted molar refractivity (Wildman–Crippen MR) is 95.6 cm³/mol. The molecule has 0 N–H and O–H groups in total. The zero-order valence-corrected chi connectivity index (χ0v) is 15.2. The van der Waals surface area contributed by atoms with Gasteiger partial charge in [0.15, 0.2) is 0 Å². The van der Waals surface area contributed by atoms with Crippen molar-refractivity contribution in [2.24, 2.45) is 0 Å². The van der Waals surface area contributed by atoms with Crippen LogP contribution in [-0.4, -0.2) is 70.9 Å². The van der Waals surface area contributed by atoms with Crippen LogP contribution in [0, 0.1) is 6.92 Å². The van der Waals surface area contributed by atoms with Gasteiger partial charge in [-0.1, -0.05) is 12.8 Å². The molecule has 136 valence electrons. The minimum atomic E-state index is 0.0102. The van der Waals surface area contributed by atoms with E-state index in [1.165, 1.54) is 12.8 Å². The maximum atomic E-state index is 12.8. The van der Waals surface area contributed by atoms with Crippen molar-refractivity contribution >= 4 is 17.6 Å². The van der Waals surface area contributed by atoms with Crippen LogP contribution in [0.1, 0.15) is 48.9 Å². The summed E-state index contributed by atoms with van der Waals surface area (Å²) in [4.78, 5) is 39.1. The molecule has 3 heterocycles. The van der Waals surface area contributed by atoms with E-state index in [1.54, 1.807) is 6.92 Å². The number of aryl methyl sites for hydroxylation is 1. The largest absolute Gasteiger partial charge is 0.353 e. The number of nitrogens with zero attached hydrogens (tertiary/aromatic N) is 5. The summed E-state index contributed by atoms with van der Waals surface area (Å²) in [5, 5.41) is 0. The molecule has 0 aromatic carbocycles. The molecular formula is C18H27N5O2. The zero-order valence-electron chi connectivity index (χ0n) is 15.2. The van der Waals surface area contributed by atoms with E-state index < -0.39 is 0 Å². The molecule has 0 spiro atoms. The number of carbonyl (C=O) groups is 2. The summed E-state index contributed by atoms with van der Waals surface area (Å²) < 4.78 is 0. The van der Waals surface area contributed by atoms with Gasteiger partial charge in [0, 0.05) is 52.3 Å². The third kappa shape index (κ3) is 4.27. The highest BCUT2D eigenvalue weighted by atomic mass is 16.2. The van der Waals surface area contributed by atoms with Crippen LogP contribution < -0.4 is 4.90 Å². The number of aromatic nitrogens is 2. The van der Waals surface area contributed by atoms with Crippen molar-refractivity contribution in [1.82, 2.24) is 19.8 Å². The van der Waals surface area contributed by atoms with Crippen molar-refractivity contribution < 1.29 is 9.59 Å². The second-order valence-electron chi connectivity index (χ2n) is 6.86. The molecule has 0 unspecified atom stereocenters. The van der Waals surface area contributed by atoms with Gasteiger partial charge in [0.1, 0.15) is 17.3 Å². The van der Waals surface area contributed by atoms with Gasteiger partial charge in [0.25, 0.3) is 5.91 Å². The molecule has 25 heavy (non-hydrogen) atoms. The second kappa shape index (κ2) is 7.80. The summed E-state index contributed by atoms with van der Waals surface area (Å²) in [6, 6.07) is 1.81. The molecule has 0 atom stereocenters. The van der Waals surface area contributed by atoms with Gasteiger partial charge in [-0.2, -0.15) is 0 Å². The van der Waals surface area contributed by atoms with E-state index in [9.17, 15) is 9.59 Å². The molecular weight excluding hydrogens is 318 g/mol. The summed E-state index contributed by atoms with van der Waals surface area (Å²) in [7, 11) is 0. The Balaban J connectivity index is 1.74. The molecule has 0 radical (unpaired) electrons. The van der Waals surface area contributed by atoms with E-state index in [0.717, 1.165) is 44.8 Å². The SMILES string of the molecule is CC(=O)N1CCN(c2cc(C(=O)N3CCCCCC3)nc(C)n2)CC1. The fourth-order valence-electron chi connectivity index (χ4n) is 3.51. The highest BCUT2D eigenvalue weighted by Crippen LogP contribution is 2.18. The first kappa shape index (κ1) is 17.6. The van der Waals surface area contributed by atoms with Crippen LogP contribution in [0.15, 0.2) is 6.07 Å². The van der Waals surface area contributed by atoms with Gasteiger partial charge in [-0.15, -0.1) is 0 Å². The van der Waals surface area contributed by atoms with Crippen LogP contribution >= 0.6 is 0 Å². The monoisotopic (exact) mass is 345 g/mol. The van der Waals surface area contributed by atoms with Gasteiger partial charge in [-0.05, 0) is 19.8 Å². The molecule has 2 aliphatic rings. The first-order chi connectivity index (χ1) is 12.0. The number of carbonyl (C=O) groups excluding carboxylic acids is 2. The van der Waals surface area contributed by atoms with Crippen LogP contribution in [0.4, 0.5) is 5.82 Å². The number of anilines is 1. The first-order valence-electron chi connectivity index (χ1n) is 9.20. The van der Waals surface area contributed by atoms with Gasteiger partial charge in [0.2, 0.25) is 5.91 Å². The number of amides is 2. The molecule has 2 aliphatic heterocycles. The Bertz CT molecular complexity index is 632. The number of piperazine rings is 1. The van der Waals surface area contributed by atoms with Gasteiger partial charge >= 0.3 is 0 Å². The molecule has 2 saturated heterocycles. The summed E-state index contributed by atoms with van der Waals surface area (Å²) in [6.45, 7) is 7.89. The van der Waals surface area contributed by atoms with Crippen molar-refractivity contribution in [3.8, 4) is 0 Å².